The van der Waals surface area contributed by atoms with E-state index in [9.17, 15) is 4.39 Å². The Balaban J connectivity index is 2.13. The van der Waals surface area contributed by atoms with E-state index < -0.39 is 0 Å². The molecule has 18 heavy (non-hydrogen) atoms. The minimum absolute atomic E-state index is 0.270. The van der Waals surface area contributed by atoms with Crippen LogP contribution in [0, 0.1) is 5.82 Å². The predicted molar refractivity (Wildman–Crippen MR) is 70.1 cm³/mol. The maximum Gasteiger partial charge on any atom is 0.124 e. The molecule has 2 rings (SSSR count). The molecule has 0 fully saturated rings. The van der Waals surface area contributed by atoms with Gasteiger partial charge in [0, 0.05) is 11.4 Å². The van der Waals surface area contributed by atoms with Gasteiger partial charge in [-0.1, -0.05) is 24.6 Å². The number of nitrogens with two attached hydrogens (primary N) is 1. The second-order valence-corrected chi connectivity index (χ2v) is 4.61. The van der Waals surface area contributed by atoms with Gasteiger partial charge >= 0.3 is 0 Å². The zero-order valence-corrected chi connectivity index (χ0v) is 10.9. The van der Waals surface area contributed by atoms with Crippen LogP contribution in [0.2, 0.25) is 5.02 Å². The number of benzene rings is 1. The lowest BCUT2D eigenvalue weighted by molar-refractivity contribution is 0.434. The fourth-order valence-electron chi connectivity index (χ4n) is 1.81. The molecule has 2 nitrogen and oxygen atoms in total. The summed E-state index contributed by atoms with van der Waals surface area (Å²) in [6.45, 7) is 2.02. The highest BCUT2D eigenvalue weighted by molar-refractivity contribution is 6.31. The second-order valence-electron chi connectivity index (χ2n) is 4.20. The van der Waals surface area contributed by atoms with Gasteiger partial charge in [-0.3, -0.25) is 0 Å². The number of furan rings is 1. The van der Waals surface area contributed by atoms with E-state index in [-0.39, 0.29) is 11.9 Å². The van der Waals surface area contributed by atoms with Crippen LogP contribution in [0.4, 0.5) is 4.39 Å². The number of hydrogen-bond acceptors (Lipinski definition) is 2. The molecule has 2 aromatic rings. The van der Waals surface area contributed by atoms with Crippen LogP contribution >= 0.6 is 11.6 Å². The van der Waals surface area contributed by atoms with Gasteiger partial charge in [0.15, 0.2) is 0 Å². The topological polar surface area (TPSA) is 39.2 Å². The van der Waals surface area contributed by atoms with Crippen molar-refractivity contribution in [2.24, 2.45) is 5.73 Å². The molecule has 0 aliphatic rings. The summed E-state index contributed by atoms with van der Waals surface area (Å²) in [5, 5.41) is 0.396. The van der Waals surface area contributed by atoms with Gasteiger partial charge < -0.3 is 10.2 Å². The van der Waals surface area contributed by atoms with Gasteiger partial charge in [0.25, 0.3) is 0 Å². The summed E-state index contributed by atoms with van der Waals surface area (Å²) in [5.74, 6) is 1.29. The minimum atomic E-state index is -0.344. The molecular formula is C14H15ClFNO. The van der Waals surface area contributed by atoms with Crippen LogP contribution in [-0.4, -0.2) is 0 Å². The molecule has 0 bridgehead atoms. The number of hydrogen-bond donors (Lipinski definition) is 1. The molecule has 0 radical (unpaired) electrons. The molecule has 1 aromatic carbocycles. The van der Waals surface area contributed by atoms with Crippen LogP contribution in [0.3, 0.4) is 0 Å². The summed E-state index contributed by atoms with van der Waals surface area (Å²) in [4.78, 5) is 0. The molecule has 2 N–H and O–H groups in total. The van der Waals surface area contributed by atoms with Gasteiger partial charge in [0.1, 0.15) is 17.3 Å². The van der Waals surface area contributed by atoms with Crippen LogP contribution in [0.5, 0.6) is 0 Å². The third kappa shape index (κ3) is 2.92. The van der Waals surface area contributed by atoms with E-state index in [1.165, 1.54) is 12.1 Å². The van der Waals surface area contributed by atoms with Crippen molar-refractivity contribution in [2.45, 2.75) is 25.8 Å². The van der Waals surface area contributed by atoms with Crippen molar-refractivity contribution in [1.29, 1.82) is 0 Å². The first-order chi connectivity index (χ1) is 8.60. The number of aryl methyl sites for hydroxylation is 1. The third-order valence-corrected chi connectivity index (χ3v) is 3.20. The number of halogens is 2. The largest absolute Gasteiger partial charge is 0.464 e. The Bertz CT molecular complexity index is 538. The quantitative estimate of drug-likeness (QED) is 0.913. The van der Waals surface area contributed by atoms with Crippen LogP contribution in [0.15, 0.2) is 34.7 Å². The van der Waals surface area contributed by atoms with Crippen molar-refractivity contribution in [3.63, 3.8) is 0 Å². The van der Waals surface area contributed by atoms with E-state index >= 15 is 0 Å². The zero-order chi connectivity index (χ0) is 13.1. The molecule has 0 spiro atoms. The molecular weight excluding hydrogens is 253 g/mol. The molecule has 0 aliphatic heterocycles. The summed E-state index contributed by atoms with van der Waals surface area (Å²) < 4.78 is 18.5. The molecule has 1 heterocycles. The lowest BCUT2D eigenvalue weighted by Crippen LogP contribution is -2.12. The summed E-state index contributed by atoms with van der Waals surface area (Å²) in [6.07, 6.45) is 1.36. The number of rotatable bonds is 4. The Labute approximate surface area is 111 Å². The van der Waals surface area contributed by atoms with Gasteiger partial charge in [-0.25, -0.2) is 4.39 Å². The molecule has 0 amide bonds. The van der Waals surface area contributed by atoms with E-state index in [4.69, 9.17) is 21.8 Å². The first kappa shape index (κ1) is 13.1. The van der Waals surface area contributed by atoms with Crippen molar-refractivity contribution < 1.29 is 8.81 Å². The van der Waals surface area contributed by atoms with Crippen LogP contribution in [0.1, 0.15) is 30.0 Å². The first-order valence-electron chi connectivity index (χ1n) is 5.88. The van der Waals surface area contributed by atoms with Crippen LogP contribution in [-0.2, 0) is 12.8 Å². The highest BCUT2D eigenvalue weighted by Crippen LogP contribution is 2.24. The Morgan fingerprint density at radius 1 is 1.33 bits per heavy atom. The van der Waals surface area contributed by atoms with Crippen molar-refractivity contribution in [1.82, 2.24) is 0 Å². The Morgan fingerprint density at radius 3 is 2.72 bits per heavy atom. The average Bonchev–Trinajstić information content (AvgIpc) is 2.81. The van der Waals surface area contributed by atoms with Crippen molar-refractivity contribution in [3.05, 3.63) is 58.3 Å². The third-order valence-electron chi connectivity index (χ3n) is 2.85. The first-order valence-corrected chi connectivity index (χ1v) is 6.26. The highest BCUT2D eigenvalue weighted by Gasteiger charge is 2.13. The SMILES string of the molecule is CCc1ccc(C(N)Cc2ccc(F)cc2Cl)o1. The standard InChI is InChI=1S/C14H15ClFNO/c1-2-11-5-6-14(18-11)13(17)7-9-3-4-10(16)8-12(9)15/h3-6,8,13H,2,7,17H2,1H3. The van der Waals surface area contributed by atoms with Gasteiger partial charge in [-0.15, -0.1) is 0 Å². The van der Waals surface area contributed by atoms with Gasteiger partial charge in [-0.2, -0.15) is 0 Å². The maximum absolute atomic E-state index is 12.9. The second kappa shape index (κ2) is 5.55. The van der Waals surface area contributed by atoms with Gasteiger partial charge in [0.05, 0.1) is 6.04 Å². The molecule has 0 saturated heterocycles. The zero-order valence-electron chi connectivity index (χ0n) is 10.1. The van der Waals surface area contributed by atoms with E-state index in [2.05, 4.69) is 0 Å². The fraction of sp³-hybridized carbons (Fsp3) is 0.286. The van der Waals surface area contributed by atoms with Gasteiger partial charge in [0.2, 0.25) is 0 Å². The molecule has 96 valence electrons. The lowest BCUT2D eigenvalue weighted by atomic mass is 10.0. The summed E-state index contributed by atoms with van der Waals surface area (Å²) in [7, 11) is 0. The van der Waals surface area contributed by atoms with E-state index in [1.807, 2.05) is 19.1 Å². The maximum atomic E-state index is 12.9. The predicted octanol–water partition coefficient (Wildman–Crippen LogP) is 3.88. The minimum Gasteiger partial charge on any atom is -0.464 e. The molecule has 1 aromatic heterocycles. The van der Waals surface area contributed by atoms with Crippen molar-refractivity contribution >= 4 is 11.6 Å². The van der Waals surface area contributed by atoms with Crippen LogP contribution in [0.25, 0.3) is 0 Å². The summed E-state index contributed by atoms with van der Waals surface area (Å²) >= 11 is 5.97. The monoisotopic (exact) mass is 267 g/mol. The molecule has 4 heteroatoms. The molecule has 0 saturated carbocycles. The Morgan fingerprint density at radius 2 is 2.11 bits per heavy atom. The Hall–Kier alpha value is -1.32. The molecule has 0 aliphatic carbocycles. The highest BCUT2D eigenvalue weighted by atomic mass is 35.5. The van der Waals surface area contributed by atoms with Crippen molar-refractivity contribution in [2.75, 3.05) is 0 Å². The molecule has 1 unspecified atom stereocenters. The smallest absolute Gasteiger partial charge is 0.124 e. The van der Waals surface area contributed by atoms with Gasteiger partial charge in [-0.05, 0) is 36.2 Å². The Kier molecular flexibility index (Phi) is 4.04. The molecule has 1 atom stereocenters. The van der Waals surface area contributed by atoms with E-state index in [0.29, 0.717) is 11.4 Å². The average molecular weight is 268 g/mol. The summed E-state index contributed by atoms with van der Waals surface area (Å²) in [5.41, 5.74) is 6.88. The lowest BCUT2D eigenvalue weighted by Gasteiger charge is -2.10. The van der Waals surface area contributed by atoms with Crippen molar-refractivity contribution in [3.8, 4) is 0 Å². The van der Waals surface area contributed by atoms with E-state index in [0.717, 1.165) is 23.5 Å². The summed E-state index contributed by atoms with van der Waals surface area (Å²) in [6, 6.07) is 7.86. The van der Waals surface area contributed by atoms with Crippen LogP contribution < -0.4 is 5.73 Å². The fourth-order valence-corrected chi connectivity index (χ4v) is 2.05. The normalized spacial score (nSPS) is 12.7. The van der Waals surface area contributed by atoms with E-state index in [1.54, 1.807) is 6.07 Å².